The van der Waals surface area contributed by atoms with Crippen LogP contribution in [0.15, 0.2) is 24.2 Å². The van der Waals surface area contributed by atoms with Crippen LogP contribution in [0, 0.1) is 5.92 Å². The molecule has 1 aromatic rings. The Hall–Kier alpha value is -1.31. The lowest BCUT2D eigenvalue weighted by Gasteiger charge is -2.09. The highest BCUT2D eigenvalue weighted by Gasteiger charge is 2.12. The number of carboxylic acid groups (broad SMARTS) is 1. The molecule has 0 heterocycles. The summed E-state index contributed by atoms with van der Waals surface area (Å²) in [5.41, 5.74) is -0.132. The minimum absolute atomic E-state index is 0.148. The van der Waals surface area contributed by atoms with Crippen molar-refractivity contribution in [3.8, 4) is 0 Å². The number of carbonyl (C=O) groups is 1. The van der Waals surface area contributed by atoms with E-state index in [1.807, 2.05) is 13.8 Å². The molecule has 82 valence electrons. The van der Waals surface area contributed by atoms with E-state index in [9.17, 15) is 4.79 Å². The Morgan fingerprint density at radius 3 is 2.33 bits per heavy atom. The predicted octanol–water partition coefficient (Wildman–Crippen LogP) is 3.07. The van der Waals surface area contributed by atoms with E-state index < -0.39 is 29.5 Å². The predicted molar refractivity (Wildman–Crippen MR) is 61.0 cm³/mol. The molecule has 0 aromatic heterocycles. The van der Waals surface area contributed by atoms with Crippen LogP contribution in [0.1, 0.15) is 44.6 Å². The van der Waals surface area contributed by atoms with Gasteiger partial charge in [0.1, 0.15) is 0 Å². The highest BCUT2D eigenvalue weighted by Crippen LogP contribution is 2.17. The van der Waals surface area contributed by atoms with Gasteiger partial charge in [-0.3, -0.25) is 4.79 Å². The number of hydrogen-bond donors (Lipinski definition) is 1. The van der Waals surface area contributed by atoms with Crippen LogP contribution in [0.4, 0.5) is 0 Å². The van der Waals surface area contributed by atoms with Gasteiger partial charge < -0.3 is 5.11 Å². The Morgan fingerprint density at radius 1 is 1.40 bits per heavy atom. The van der Waals surface area contributed by atoms with Crippen LogP contribution in [-0.4, -0.2) is 11.1 Å². The van der Waals surface area contributed by atoms with Gasteiger partial charge >= 0.3 is 5.97 Å². The van der Waals surface area contributed by atoms with E-state index in [-0.39, 0.29) is 23.6 Å². The third kappa shape index (κ3) is 3.39. The Balaban J connectivity index is 3.64. The van der Waals surface area contributed by atoms with Gasteiger partial charge in [-0.05, 0) is 30.4 Å². The zero-order valence-corrected chi connectivity index (χ0v) is 9.14. The highest BCUT2D eigenvalue weighted by molar-refractivity contribution is 5.75. The van der Waals surface area contributed by atoms with Crippen LogP contribution in [-0.2, 0) is 11.2 Å². The molecular weight excluding hydrogens is 188 g/mol. The molecule has 0 radical (unpaired) electrons. The minimum Gasteiger partial charge on any atom is -0.481 e. The molecular formula is C13H18O2. The summed E-state index contributed by atoms with van der Waals surface area (Å²) >= 11 is 0. The van der Waals surface area contributed by atoms with E-state index in [1.54, 1.807) is 0 Å². The fraction of sp³-hybridized carbons (Fsp3) is 0.462. The lowest BCUT2D eigenvalue weighted by atomic mass is 9.97. The molecule has 15 heavy (non-hydrogen) atoms. The number of rotatable bonds is 4. The summed E-state index contributed by atoms with van der Waals surface area (Å²) < 4.78 is 39.4. The average molecular weight is 211 g/mol. The zero-order valence-electron chi connectivity index (χ0n) is 14.1. The van der Waals surface area contributed by atoms with Gasteiger partial charge in [0.05, 0.1) is 11.4 Å². The summed E-state index contributed by atoms with van der Waals surface area (Å²) in [4.78, 5) is 11.1. The lowest BCUT2D eigenvalue weighted by Crippen LogP contribution is -2.07. The summed E-state index contributed by atoms with van der Waals surface area (Å²) in [6.07, 6.45) is 0.373. The number of aliphatic carboxylic acids is 1. The molecule has 0 aliphatic heterocycles. The molecule has 1 aromatic carbocycles. The first-order valence-corrected chi connectivity index (χ1v) is 4.84. The smallest absolute Gasteiger partial charge is 0.310 e. The second-order valence-corrected chi connectivity index (χ2v) is 3.88. The van der Waals surface area contributed by atoms with Crippen molar-refractivity contribution < 1.29 is 16.8 Å². The standard InChI is InChI=1S/C13H18O2/c1-9(2)8-11-4-6-12(7-5-11)10(3)13(14)15/h4-7,9-10H,8H2,1-3H3,(H,14,15)/i4D,5D,6D,7D,10D. The molecule has 1 N–H and O–H groups in total. The molecule has 0 saturated heterocycles. The second kappa shape index (κ2) is 4.96. The van der Waals surface area contributed by atoms with Gasteiger partial charge in [0, 0.05) is 1.37 Å². The maximum absolute atomic E-state index is 11.1. The van der Waals surface area contributed by atoms with Crippen molar-refractivity contribution in [3.05, 3.63) is 35.3 Å². The van der Waals surface area contributed by atoms with E-state index in [1.165, 1.54) is 0 Å². The molecule has 2 nitrogen and oxygen atoms in total. The molecule has 0 fully saturated rings. The van der Waals surface area contributed by atoms with E-state index in [0.29, 0.717) is 6.42 Å². The summed E-state index contributed by atoms with van der Waals surface area (Å²) in [5.74, 6) is -3.57. The maximum atomic E-state index is 11.1. The summed E-state index contributed by atoms with van der Waals surface area (Å²) in [6.45, 7) is 4.85. The summed E-state index contributed by atoms with van der Waals surface area (Å²) in [5, 5.41) is 9.06. The SMILES string of the molecule is [2H]c1c([2H])c(C([2H])(C)C(=O)O)c([2H])c([2H])c1CC(C)C. The van der Waals surface area contributed by atoms with Gasteiger partial charge in [0.15, 0.2) is 0 Å². The molecule has 0 aliphatic rings. The monoisotopic (exact) mass is 211 g/mol. The molecule has 0 bridgehead atoms. The van der Waals surface area contributed by atoms with E-state index >= 15 is 0 Å². The molecule has 0 aliphatic carbocycles. The van der Waals surface area contributed by atoms with Crippen molar-refractivity contribution in [1.29, 1.82) is 0 Å². The molecule has 0 amide bonds. The zero-order chi connectivity index (χ0) is 15.8. The van der Waals surface area contributed by atoms with Crippen molar-refractivity contribution in [2.75, 3.05) is 0 Å². The van der Waals surface area contributed by atoms with Crippen molar-refractivity contribution in [1.82, 2.24) is 0 Å². The first-order chi connectivity index (χ1) is 9.01. The van der Waals surface area contributed by atoms with Gasteiger partial charge in [-0.15, -0.1) is 0 Å². The average Bonchev–Trinajstić information content (AvgIpc) is 2.31. The van der Waals surface area contributed by atoms with Gasteiger partial charge in [0.25, 0.3) is 0 Å². The molecule has 2 heteroatoms. The van der Waals surface area contributed by atoms with Crippen molar-refractivity contribution >= 4 is 5.97 Å². The second-order valence-electron chi connectivity index (χ2n) is 3.88. The van der Waals surface area contributed by atoms with Crippen molar-refractivity contribution in [3.63, 3.8) is 0 Å². The van der Waals surface area contributed by atoms with Gasteiger partial charge in [-0.2, -0.15) is 0 Å². The summed E-state index contributed by atoms with van der Waals surface area (Å²) in [7, 11) is 0. The Bertz CT molecular complexity index is 523. The van der Waals surface area contributed by atoms with E-state index in [0.717, 1.165) is 6.92 Å². The number of carboxylic acids is 1. The molecule has 1 unspecified atom stereocenters. The molecule has 1 rings (SSSR count). The first kappa shape index (κ1) is 6.31. The van der Waals surface area contributed by atoms with Crippen molar-refractivity contribution in [2.24, 2.45) is 5.92 Å². The van der Waals surface area contributed by atoms with Crippen LogP contribution in [0.25, 0.3) is 0 Å². The van der Waals surface area contributed by atoms with Crippen molar-refractivity contribution in [2.45, 2.75) is 33.1 Å². The summed E-state index contributed by atoms with van der Waals surface area (Å²) in [6, 6.07) is -1.40. The third-order valence-corrected chi connectivity index (χ3v) is 1.98. The fourth-order valence-corrected chi connectivity index (χ4v) is 1.14. The minimum atomic E-state index is -2.21. The normalized spacial score (nSPS) is 19.6. The molecule has 0 saturated carbocycles. The Morgan fingerprint density at radius 2 is 1.93 bits per heavy atom. The lowest BCUT2D eigenvalue weighted by molar-refractivity contribution is -0.138. The number of hydrogen-bond acceptors (Lipinski definition) is 1. The van der Waals surface area contributed by atoms with Crippen LogP contribution in [0.2, 0.25) is 0 Å². The molecule has 0 spiro atoms. The van der Waals surface area contributed by atoms with Gasteiger partial charge in [-0.25, -0.2) is 0 Å². The quantitative estimate of drug-likeness (QED) is 0.831. The molecule has 1 atom stereocenters. The fourth-order valence-electron chi connectivity index (χ4n) is 1.14. The van der Waals surface area contributed by atoms with E-state index in [2.05, 4.69) is 0 Å². The third-order valence-electron chi connectivity index (χ3n) is 1.98. The largest absolute Gasteiger partial charge is 0.481 e. The Kier molecular flexibility index (Phi) is 2.09. The first-order valence-electron chi connectivity index (χ1n) is 7.34. The van der Waals surface area contributed by atoms with E-state index in [4.69, 9.17) is 12.0 Å². The van der Waals surface area contributed by atoms with Gasteiger partial charge in [0.2, 0.25) is 0 Å². The van der Waals surface area contributed by atoms with Gasteiger partial charge in [-0.1, -0.05) is 38.0 Å². The topological polar surface area (TPSA) is 37.3 Å². The Labute approximate surface area is 98.0 Å². The maximum Gasteiger partial charge on any atom is 0.310 e. The van der Waals surface area contributed by atoms with Crippen LogP contribution >= 0.6 is 0 Å². The van der Waals surface area contributed by atoms with Crippen LogP contribution in [0.5, 0.6) is 0 Å². The number of benzene rings is 1. The van der Waals surface area contributed by atoms with Crippen LogP contribution < -0.4 is 0 Å². The van der Waals surface area contributed by atoms with Crippen LogP contribution in [0.3, 0.4) is 0 Å². The highest BCUT2D eigenvalue weighted by atomic mass is 16.4.